The number of allylic oxidation sites excluding steroid dienone is 2. The van der Waals surface area contributed by atoms with Crippen LogP contribution in [0.4, 0.5) is 4.79 Å². The topological polar surface area (TPSA) is 101 Å². The zero-order valence-electron chi connectivity index (χ0n) is 14.6. The van der Waals surface area contributed by atoms with Crippen molar-refractivity contribution in [1.82, 2.24) is 10.2 Å². The highest BCUT2D eigenvalue weighted by molar-refractivity contribution is 8.18. The van der Waals surface area contributed by atoms with Crippen molar-refractivity contribution >= 4 is 56.3 Å². The summed E-state index contributed by atoms with van der Waals surface area (Å²) in [4.78, 5) is 37.6. The van der Waals surface area contributed by atoms with E-state index in [-0.39, 0.29) is 21.4 Å². The zero-order chi connectivity index (χ0) is 20.3. The number of amides is 3. The van der Waals surface area contributed by atoms with E-state index in [0.29, 0.717) is 18.2 Å². The number of carbonyl (C=O) groups is 3. The fourth-order valence-electron chi connectivity index (χ4n) is 2.84. The van der Waals surface area contributed by atoms with Crippen molar-refractivity contribution in [2.24, 2.45) is 0 Å². The van der Waals surface area contributed by atoms with Crippen LogP contribution in [0, 0.1) is 0 Å². The van der Waals surface area contributed by atoms with Gasteiger partial charge in [-0.25, -0.2) is 8.42 Å². The van der Waals surface area contributed by atoms with Crippen LogP contribution in [-0.4, -0.2) is 54.5 Å². The third kappa shape index (κ3) is 5.24. The molecule has 0 aromatic heterocycles. The van der Waals surface area contributed by atoms with E-state index < -0.39 is 39.5 Å². The van der Waals surface area contributed by atoms with E-state index in [0.717, 1.165) is 10.5 Å². The van der Waals surface area contributed by atoms with Crippen LogP contribution >= 0.6 is 23.4 Å². The number of thioether (sulfide) groups is 1. The molecule has 1 aromatic carbocycles. The minimum Gasteiger partial charge on any atom is -0.351 e. The van der Waals surface area contributed by atoms with Gasteiger partial charge in [0, 0.05) is 11.1 Å². The van der Waals surface area contributed by atoms with Crippen molar-refractivity contribution in [1.29, 1.82) is 0 Å². The fraction of sp³-hybridized carbons (Fsp3) is 0.278. The maximum Gasteiger partial charge on any atom is 0.294 e. The minimum atomic E-state index is -3.13. The van der Waals surface area contributed by atoms with Gasteiger partial charge in [0.25, 0.3) is 11.1 Å². The number of halogens is 1. The molecule has 0 radical (unpaired) electrons. The van der Waals surface area contributed by atoms with Gasteiger partial charge in [-0.2, -0.15) is 0 Å². The molecule has 2 heterocycles. The van der Waals surface area contributed by atoms with Gasteiger partial charge in [-0.15, -0.1) is 0 Å². The number of sulfone groups is 1. The van der Waals surface area contributed by atoms with Gasteiger partial charge in [0.05, 0.1) is 16.4 Å². The maximum absolute atomic E-state index is 12.4. The smallest absolute Gasteiger partial charge is 0.294 e. The third-order valence-electron chi connectivity index (χ3n) is 4.15. The molecule has 148 valence electrons. The molecular formula is C18H17ClN2O5S2. The number of imide groups is 1. The molecule has 1 atom stereocenters. The summed E-state index contributed by atoms with van der Waals surface area (Å²) in [6.07, 6.45) is 3.37. The third-order valence-corrected chi connectivity index (χ3v) is 7.04. The molecule has 2 saturated heterocycles. The number of nitrogens with zero attached hydrogens (tertiary/aromatic N) is 1. The monoisotopic (exact) mass is 440 g/mol. The zero-order valence-corrected chi connectivity index (χ0v) is 17.0. The lowest BCUT2D eigenvalue weighted by Gasteiger charge is -2.15. The second-order valence-corrected chi connectivity index (χ2v) is 10.0. The summed E-state index contributed by atoms with van der Waals surface area (Å²) in [6, 6.07) is 8.75. The molecule has 2 aliphatic rings. The summed E-state index contributed by atoms with van der Waals surface area (Å²) in [5, 5.41) is 2.26. The first kappa shape index (κ1) is 20.6. The van der Waals surface area contributed by atoms with Crippen molar-refractivity contribution < 1.29 is 22.8 Å². The molecule has 3 amide bonds. The molecule has 2 aliphatic heterocycles. The summed E-state index contributed by atoms with van der Waals surface area (Å²) in [5.74, 6) is -1.28. The number of nitrogens with one attached hydrogen (secondary N) is 1. The molecule has 10 heteroatoms. The minimum absolute atomic E-state index is 0.0223. The van der Waals surface area contributed by atoms with Crippen molar-refractivity contribution in [3.05, 3.63) is 51.9 Å². The lowest BCUT2D eigenvalue weighted by molar-refractivity contribution is -0.129. The van der Waals surface area contributed by atoms with Crippen LogP contribution in [0.5, 0.6) is 0 Å². The molecule has 0 unspecified atom stereocenters. The van der Waals surface area contributed by atoms with E-state index in [9.17, 15) is 22.8 Å². The second kappa shape index (κ2) is 8.50. The Balaban J connectivity index is 1.63. The predicted octanol–water partition coefficient (Wildman–Crippen LogP) is 2.15. The molecule has 0 aliphatic carbocycles. The lowest BCUT2D eigenvalue weighted by Crippen LogP contribution is -2.44. The Bertz CT molecular complexity index is 973. The number of carbonyl (C=O) groups excluding carboxylic acids is 3. The van der Waals surface area contributed by atoms with E-state index in [1.807, 2.05) is 30.3 Å². The van der Waals surface area contributed by atoms with Gasteiger partial charge >= 0.3 is 0 Å². The summed E-state index contributed by atoms with van der Waals surface area (Å²) in [5.41, 5.74) is 0.842. The highest BCUT2D eigenvalue weighted by atomic mass is 35.5. The van der Waals surface area contributed by atoms with E-state index in [1.54, 1.807) is 6.08 Å². The first-order chi connectivity index (χ1) is 13.2. The Kier molecular flexibility index (Phi) is 6.26. The van der Waals surface area contributed by atoms with Crippen molar-refractivity contribution in [3.63, 3.8) is 0 Å². The molecule has 0 bridgehead atoms. The highest BCUT2D eigenvalue weighted by Crippen LogP contribution is 2.32. The summed E-state index contributed by atoms with van der Waals surface area (Å²) in [6.45, 7) is -0.460. The summed E-state index contributed by atoms with van der Waals surface area (Å²) < 4.78 is 22.9. The Hall–Kier alpha value is -2.10. The molecule has 0 saturated carbocycles. The van der Waals surface area contributed by atoms with E-state index in [1.165, 1.54) is 6.08 Å². The molecule has 1 N–H and O–H groups in total. The number of hydrogen-bond acceptors (Lipinski definition) is 6. The van der Waals surface area contributed by atoms with Crippen molar-refractivity contribution in [2.45, 2.75) is 12.5 Å². The van der Waals surface area contributed by atoms with Gasteiger partial charge in [0.1, 0.15) is 6.54 Å². The van der Waals surface area contributed by atoms with E-state index >= 15 is 0 Å². The van der Waals surface area contributed by atoms with Crippen LogP contribution in [0.25, 0.3) is 6.08 Å². The van der Waals surface area contributed by atoms with Crippen LogP contribution in [0.2, 0.25) is 0 Å². The average molecular weight is 441 g/mol. The van der Waals surface area contributed by atoms with Crippen molar-refractivity contribution in [2.75, 3.05) is 18.1 Å². The largest absolute Gasteiger partial charge is 0.351 e. The van der Waals surface area contributed by atoms with E-state index in [2.05, 4.69) is 5.32 Å². The first-order valence-corrected chi connectivity index (χ1v) is 11.4. The van der Waals surface area contributed by atoms with Crippen LogP contribution in [0.1, 0.15) is 12.0 Å². The molecule has 3 rings (SSSR count). The fourth-order valence-corrected chi connectivity index (χ4v) is 5.64. The van der Waals surface area contributed by atoms with Crippen LogP contribution in [0.3, 0.4) is 0 Å². The Labute approximate surface area is 171 Å². The SMILES string of the molecule is O=C(CN1C(=O)S/C(=C\C(Cl)=C\c2ccccc2)C1=O)N[C@H]1CCS(=O)(=O)C1. The predicted molar refractivity (Wildman–Crippen MR) is 108 cm³/mol. The van der Waals surface area contributed by atoms with Crippen LogP contribution < -0.4 is 5.32 Å². The summed E-state index contributed by atoms with van der Waals surface area (Å²) in [7, 11) is -3.13. The molecule has 1 aromatic rings. The highest BCUT2D eigenvalue weighted by Gasteiger charge is 2.37. The van der Waals surface area contributed by atoms with Gasteiger partial charge < -0.3 is 5.32 Å². The van der Waals surface area contributed by atoms with E-state index in [4.69, 9.17) is 11.6 Å². The summed E-state index contributed by atoms with van der Waals surface area (Å²) >= 11 is 6.86. The van der Waals surface area contributed by atoms with Gasteiger partial charge in [-0.1, -0.05) is 41.9 Å². The Morgan fingerprint density at radius 2 is 2.00 bits per heavy atom. The molecule has 2 fully saturated rings. The van der Waals surface area contributed by atoms with Gasteiger partial charge in [0.2, 0.25) is 5.91 Å². The Morgan fingerprint density at radius 3 is 2.64 bits per heavy atom. The molecular weight excluding hydrogens is 424 g/mol. The molecule has 7 nitrogen and oxygen atoms in total. The number of hydrogen-bond donors (Lipinski definition) is 1. The maximum atomic E-state index is 12.4. The molecule has 0 spiro atoms. The van der Waals surface area contributed by atoms with Gasteiger partial charge in [0.15, 0.2) is 9.84 Å². The van der Waals surface area contributed by atoms with Crippen molar-refractivity contribution in [3.8, 4) is 0 Å². The second-order valence-electron chi connectivity index (χ2n) is 6.38. The van der Waals surface area contributed by atoms with Crippen LogP contribution in [-0.2, 0) is 19.4 Å². The molecule has 28 heavy (non-hydrogen) atoms. The van der Waals surface area contributed by atoms with Gasteiger partial charge in [-0.05, 0) is 35.9 Å². The lowest BCUT2D eigenvalue weighted by atomic mass is 10.2. The normalized spacial score (nSPS) is 23.5. The van der Waals surface area contributed by atoms with Crippen LogP contribution in [0.15, 0.2) is 46.3 Å². The Morgan fingerprint density at radius 1 is 1.29 bits per heavy atom. The number of rotatable bonds is 5. The van der Waals surface area contributed by atoms with Gasteiger partial charge in [-0.3, -0.25) is 19.3 Å². The quantitative estimate of drug-likeness (QED) is 0.704. The first-order valence-electron chi connectivity index (χ1n) is 8.41. The average Bonchev–Trinajstić information content (AvgIpc) is 3.09. The number of benzene rings is 1. The standard InChI is InChI=1S/C18H17ClN2O5S2/c19-13(8-12-4-2-1-3-5-12)9-15-17(23)21(18(24)27-15)10-16(22)20-14-6-7-28(25,26)11-14/h1-5,8-9,14H,6-7,10-11H2,(H,20,22)/b13-8-,15-9-/t14-/m0/s1.